The number of rotatable bonds is 8. The van der Waals surface area contributed by atoms with Gasteiger partial charge in [-0.05, 0) is 36.1 Å². The summed E-state index contributed by atoms with van der Waals surface area (Å²) in [5, 5.41) is 13.6. The smallest absolute Gasteiger partial charge is 0.123 e. The van der Waals surface area contributed by atoms with E-state index in [0.29, 0.717) is 6.54 Å². The Hall–Kier alpha value is -2.04. The molecule has 0 aliphatic heterocycles. The normalized spacial score (nSPS) is 13.9. The molecule has 0 saturated carbocycles. The Balaban J connectivity index is 1.92. The molecule has 0 saturated heterocycles. The first-order valence-electron chi connectivity index (χ1n) is 9.09. The van der Waals surface area contributed by atoms with Crippen molar-refractivity contribution >= 4 is 0 Å². The quantitative estimate of drug-likeness (QED) is 0.747. The molecule has 2 N–H and O–H groups in total. The van der Waals surface area contributed by atoms with Crippen LogP contribution < -0.4 is 14.8 Å². The van der Waals surface area contributed by atoms with Crippen molar-refractivity contribution in [3.05, 3.63) is 59.7 Å². The molecule has 0 fully saturated rings. The maximum absolute atomic E-state index is 10.3. The second-order valence-electron chi connectivity index (χ2n) is 7.62. The lowest BCUT2D eigenvalue weighted by Gasteiger charge is -2.24. The van der Waals surface area contributed by atoms with Gasteiger partial charge in [0, 0.05) is 18.2 Å². The van der Waals surface area contributed by atoms with Crippen LogP contribution in [-0.2, 0) is 5.41 Å². The third kappa shape index (κ3) is 5.75. The largest absolute Gasteiger partial charge is 0.497 e. The fourth-order valence-corrected chi connectivity index (χ4v) is 2.77. The van der Waals surface area contributed by atoms with E-state index < -0.39 is 6.10 Å². The van der Waals surface area contributed by atoms with E-state index in [4.69, 9.17) is 9.47 Å². The minimum atomic E-state index is -0.587. The van der Waals surface area contributed by atoms with Crippen LogP contribution in [-0.4, -0.2) is 31.5 Å². The first-order valence-corrected chi connectivity index (χ1v) is 9.09. The number of nitrogens with one attached hydrogen (secondary N) is 1. The summed E-state index contributed by atoms with van der Waals surface area (Å²) in [5.41, 5.74) is 2.19. The third-order valence-corrected chi connectivity index (χ3v) is 4.39. The number of benzene rings is 2. The summed E-state index contributed by atoms with van der Waals surface area (Å²) in [6.07, 6.45) is -0.587. The van der Waals surface area contributed by atoms with Gasteiger partial charge in [-0.15, -0.1) is 0 Å². The summed E-state index contributed by atoms with van der Waals surface area (Å²) in [4.78, 5) is 0. The maximum Gasteiger partial charge on any atom is 0.123 e. The van der Waals surface area contributed by atoms with Crippen molar-refractivity contribution in [2.45, 2.75) is 45.3 Å². The van der Waals surface area contributed by atoms with E-state index in [0.717, 1.165) is 17.1 Å². The van der Waals surface area contributed by atoms with E-state index in [9.17, 15) is 5.11 Å². The monoisotopic (exact) mass is 357 g/mol. The van der Waals surface area contributed by atoms with E-state index in [-0.39, 0.29) is 18.1 Å². The van der Waals surface area contributed by atoms with Gasteiger partial charge in [0.2, 0.25) is 0 Å². The van der Waals surface area contributed by atoms with Crippen molar-refractivity contribution in [3.8, 4) is 11.5 Å². The zero-order valence-electron chi connectivity index (χ0n) is 16.5. The molecule has 0 radical (unpaired) electrons. The van der Waals surface area contributed by atoms with Crippen LogP contribution >= 0.6 is 0 Å². The van der Waals surface area contributed by atoms with Crippen molar-refractivity contribution in [1.82, 2.24) is 5.32 Å². The molecular formula is C22H31NO3. The predicted octanol–water partition coefficient (Wildman–Crippen LogP) is 4.08. The molecule has 0 aliphatic rings. The van der Waals surface area contributed by atoms with Crippen molar-refractivity contribution in [2.75, 3.05) is 20.3 Å². The molecule has 0 unspecified atom stereocenters. The zero-order valence-corrected chi connectivity index (χ0v) is 16.5. The van der Waals surface area contributed by atoms with E-state index in [1.165, 1.54) is 5.56 Å². The molecule has 26 heavy (non-hydrogen) atoms. The Morgan fingerprint density at radius 3 is 2.38 bits per heavy atom. The van der Waals surface area contributed by atoms with Crippen LogP contribution in [0.5, 0.6) is 11.5 Å². The minimum absolute atomic E-state index is 0.0745. The number of ether oxygens (including phenoxy) is 2. The minimum Gasteiger partial charge on any atom is -0.497 e. The Labute approximate surface area is 157 Å². The zero-order chi connectivity index (χ0) is 19.2. The molecule has 2 rings (SSSR count). The Kier molecular flexibility index (Phi) is 7.06. The molecule has 0 aromatic heterocycles. The lowest BCUT2D eigenvalue weighted by Crippen LogP contribution is -2.33. The summed E-state index contributed by atoms with van der Waals surface area (Å²) >= 11 is 0. The van der Waals surface area contributed by atoms with Gasteiger partial charge in [0.25, 0.3) is 0 Å². The number of aliphatic hydroxyl groups is 1. The summed E-state index contributed by atoms with van der Waals surface area (Å²) in [6.45, 7) is 9.20. The second-order valence-corrected chi connectivity index (χ2v) is 7.62. The van der Waals surface area contributed by atoms with Gasteiger partial charge in [-0.3, -0.25) is 0 Å². The molecule has 2 atom stereocenters. The van der Waals surface area contributed by atoms with Crippen LogP contribution in [0, 0.1) is 0 Å². The van der Waals surface area contributed by atoms with Crippen LogP contribution in [0.15, 0.2) is 48.5 Å². The van der Waals surface area contributed by atoms with Gasteiger partial charge in [-0.1, -0.05) is 51.1 Å². The summed E-state index contributed by atoms with van der Waals surface area (Å²) in [5.74, 6) is 1.59. The molecule has 0 bridgehead atoms. The van der Waals surface area contributed by atoms with Gasteiger partial charge in [0.1, 0.15) is 24.2 Å². The summed E-state index contributed by atoms with van der Waals surface area (Å²) < 4.78 is 11.2. The average molecular weight is 357 g/mol. The summed E-state index contributed by atoms with van der Waals surface area (Å²) in [6, 6.07) is 16.2. The lowest BCUT2D eigenvalue weighted by molar-refractivity contribution is 0.103. The molecule has 0 aliphatic carbocycles. The van der Waals surface area contributed by atoms with Crippen molar-refractivity contribution in [3.63, 3.8) is 0 Å². The van der Waals surface area contributed by atoms with Gasteiger partial charge in [-0.2, -0.15) is 0 Å². The number of methoxy groups -OCH3 is 1. The number of hydrogen-bond donors (Lipinski definition) is 2. The summed E-state index contributed by atoms with van der Waals surface area (Å²) in [7, 11) is 1.66. The first-order chi connectivity index (χ1) is 12.3. The highest BCUT2D eigenvalue weighted by atomic mass is 16.5. The van der Waals surface area contributed by atoms with Gasteiger partial charge in [-0.25, -0.2) is 0 Å². The van der Waals surface area contributed by atoms with Gasteiger partial charge < -0.3 is 19.9 Å². The fraction of sp³-hybridized carbons (Fsp3) is 0.455. The molecule has 4 heteroatoms. The van der Waals surface area contributed by atoms with E-state index in [1.807, 2.05) is 36.4 Å². The molecule has 0 amide bonds. The second kappa shape index (κ2) is 9.06. The molecule has 4 nitrogen and oxygen atoms in total. The van der Waals surface area contributed by atoms with E-state index in [2.05, 4.69) is 45.1 Å². The highest BCUT2D eigenvalue weighted by molar-refractivity contribution is 5.44. The molecule has 0 heterocycles. The third-order valence-electron chi connectivity index (χ3n) is 4.39. The molecular weight excluding hydrogens is 326 g/mol. The highest BCUT2D eigenvalue weighted by Crippen LogP contribution is 2.34. The number of aliphatic hydroxyl groups excluding tert-OH is 1. The maximum atomic E-state index is 10.3. The molecule has 2 aromatic rings. The van der Waals surface area contributed by atoms with Crippen molar-refractivity contribution < 1.29 is 14.6 Å². The van der Waals surface area contributed by atoms with Crippen LogP contribution in [0.25, 0.3) is 0 Å². The van der Waals surface area contributed by atoms with Gasteiger partial charge in [0.15, 0.2) is 0 Å². The van der Waals surface area contributed by atoms with Gasteiger partial charge in [0.05, 0.1) is 7.11 Å². The SMILES string of the molecule is COc1ccc(OC[C@@H](O)CN[C@@H](C)c2ccccc2)c(C(C)(C)C)c1. The van der Waals surface area contributed by atoms with Crippen molar-refractivity contribution in [1.29, 1.82) is 0 Å². The van der Waals surface area contributed by atoms with Gasteiger partial charge >= 0.3 is 0 Å². The Bertz CT molecular complexity index is 680. The van der Waals surface area contributed by atoms with Crippen LogP contribution in [0.4, 0.5) is 0 Å². The topological polar surface area (TPSA) is 50.7 Å². The molecule has 2 aromatic carbocycles. The van der Waals surface area contributed by atoms with E-state index in [1.54, 1.807) is 7.11 Å². The predicted molar refractivity (Wildman–Crippen MR) is 106 cm³/mol. The fourth-order valence-electron chi connectivity index (χ4n) is 2.77. The van der Waals surface area contributed by atoms with Crippen molar-refractivity contribution in [2.24, 2.45) is 0 Å². The van der Waals surface area contributed by atoms with Crippen LogP contribution in [0.2, 0.25) is 0 Å². The highest BCUT2D eigenvalue weighted by Gasteiger charge is 2.20. The Morgan fingerprint density at radius 1 is 1.08 bits per heavy atom. The average Bonchev–Trinajstić information content (AvgIpc) is 2.64. The van der Waals surface area contributed by atoms with Crippen LogP contribution in [0.1, 0.15) is 44.9 Å². The van der Waals surface area contributed by atoms with E-state index >= 15 is 0 Å². The standard InChI is InChI=1S/C22H31NO3/c1-16(17-9-7-6-8-10-17)23-14-18(24)15-26-21-12-11-19(25-5)13-20(21)22(2,3)4/h6-13,16,18,23-24H,14-15H2,1-5H3/t16-,18-/m0/s1. The van der Waals surface area contributed by atoms with Crippen LogP contribution in [0.3, 0.4) is 0 Å². The first kappa shape index (κ1) is 20.3. The number of hydrogen-bond acceptors (Lipinski definition) is 4. The molecule has 142 valence electrons. The Morgan fingerprint density at radius 2 is 1.77 bits per heavy atom. The lowest BCUT2D eigenvalue weighted by atomic mass is 9.86. The molecule has 0 spiro atoms.